The lowest BCUT2D eigenvalue weighted by atomic mass is 9.89. The fourth-order valence-electron chi connectivity index (χ4n) is 3.58. The Morgan fingerprint density at radius 3 is 3.03 bits per heavy atom. The van der Waals surface area contributed by atoms with E-state index in [9.17, 15) is 9.59 Å². The van der Waals surface area contributed by atoms with Crippen LogP contribution < -0.4 is 11.0 Å². The molecule has 0 fully saturated rings. The van der Waals surface area contributed by atoms with E-state index in [0.717, 1.165) is 29.7 Å². The van der Waals surface area contributed by atoms with Crippen molar-refractivity contribution in [3.05, 3.63) is 62.0 Å². The number of hydrogen-bond donors (Lipinski definition) is 1. The lowest BCUT2D eigenvalue weighted by Gasteiger charge is -2.18. The summed E-state index contributed by atoms with van der Waals surface area (Å²) in [7, 11) is 0. The molecule has 0 saturated carbocycles. The first-order valence-corrected chi connectivity index (χ1v) is 10.7. The van der Waals surface area contributed by atoms with Crippen LogP contribution in [-0.2, 0) is 17.6 Å². The number of rotatable bonds is 4. The van der Waals surface area contributed by atoms with Gasteiger partial charge in [-0.2, -0.15) is 5.10 Å². The van der Waals surface area contributed by atoms with Crippen LogP contribution in [0.15, 0.2) is 40.5 Å². The van der Waals surface area contributed by atoms with Gasteiger partial charge in [-0.05, 0) is 43.7 Å². The molecule has 2 aromatic heterocycles. The third kappa shape index (κ3) is 3.84. The number of hydrogen-bond acceptors (Lipinski definition) is 5. The lowest BCUT2D eigenvalue weighted by Crippen LogP contribution is -2.34. The number of carbonyl (C=O) groups excluding carboxylic acids is 1. The number of halogens is 1. The average molecular weight is 429 g/mol. The monoisotopic (exact) mass is 428 g/mol. The van der Waals surface area contributed by atoms with E-state index < -0.39 is 11.9 Å². The number of thiophene rings is 1. The number of carbonyl (C=O) groups is 1. The molecule has 1 aliphatic rings. The zero-order valence-corrected chi connectivity index (χ0v) is 17.8. The molecule has 8 heteroatoms. The maximum atomic E-state index is 13.1. The van der Waals surface area contributed by atoms with E-state index in [-0.39, 0.29) is 5.56 Å². The number of nitrogens with one attached hydrogen (secondary N) is 1. The Balaban J connectivity index is 1.57. The molecular weight excluding hydrogens is 408 g/mol. The molecule has 1 amide bonds. The lowest BCUT2D eigenvalue weighted by molar-refractivity contribution is -0.123. The first kappa shape index (κ1) is 19.8. The van der Waals surface area contributed by atoms with Crippen molar-refractivity contribution < 1.29 is 4.79 Å². The predicted molar refractivity (Wildman–Crippen MR) is 117 cm³/mol. The summed E-state index contributed by atoms with van der Waals surface area (Å²) in [4.78, 5) is 32.1. The van der Waals surface area contributed by atoms with Crippen molar-refractivity contribution in [1.29, 1.82) is 0 Å². The Morgan fingerprint density at radius 2 is 2.24 bits per heavy atom. The van der Waals surface area contributed by atoms with Crippen molar-refractivity contribution >= 4 is 45.3 Å². The van der Waals surface area contributed by atoms with E-state index in [1.54, 1.807) is 30.4 Å². The fourth-order valence-corrected chi connectivity index (χ4v) is 5.11. The molecule has 2 atom stereocenters. The van der Waals surface area contributed by atoms with Crippen LogP contribution >= 0.6 is 22.9 Å². The molecule has 0 radical (unpaired) electrons. The molecule has 1 aromatic carbocycles. The van der Waals surface area contributed by atoms with Gasteiger partial charge in [-0.15, -0.1) is 11.3 Å². The zero-order chi connectivity index (χ0) is 20.5. The maximum Gasteiger partial charge on any atom is 0.263 e. The van der Waals surface area contributed by atoms with Crippen molar-refractivity contribution in [3.8, 4) is 0 Å². The number of amides is 1. The highest BCUT2D eigenvalue weighted by Crippen LogP contribution is 2.35. The Morgan fingerprint density at radius 1 is 1.45 bits per heavy atom. The van der Waals surface area contributed by atoms with E-state index in [0.29, 0.717) is 21.9 Å². The molecule has 0 saturated heterocycles. The van der Waals surface area contributed by atoms with Crippen molar-refractivity contribution in [2.75, 3.05) is 0 Å². The summed E-state index contributed by atoms with van der Waals surface area (Å²) in [6.07, 6.45) is 5.88. The number of benzene rings is 1. The van der Waals surface area contributed by atoms with Crippen molar-refractivity contribution in [1.82, 2.24) is 15.0 Å². The van der Waals surface area contributed by atoms with Gasteiger partial charge in [-0.25, -0.2) is 10.4 Å². The van der Waals surface area contributed by atoms with Gasteiger partial charge in [0.2, 0.25) is 0 Å². The van der Waals surface area contributed by atoms with Crippen LogP contribution in [0, 0.1) is 5.92 Å². The molecule has 4 rings (SSSR count). The molecule has 0 spiro atoms. The first-order chi connectivity index (χ1) is 14.0. The van der Waals surface area contributed by atoms with Crippen molar-refractivity contribution in [2.45, 2.75) is 39.2 Å². The van der Waals surface area contributed by atoms with E-state index in [1.807, 2.05) is 12.1 Å². The molecule has 0 unspecified atom stereocenters. The van der Waals surface area contributed by atoms with Gasteiger partial charge in [0.25, 0.3) is 11.5 Å². The standard InChI is InChI=1S/C21H21ClN4O2S/c1-12-7-8-15-17(9-12)29-20-18(15)21(28)26(11-23-20)13(2)19(27)25-24-10-14-5-3-4-6-16(14)22/h3-6,10-13H,7-9H2,1-2H3,(H,25,27)/b24-10+/t12-,13-/m0/s1. The Hall–Kier alpha value is -2.51. The fraction of sp³-hybridized carbons (Fsp3) is 0.333. The van der Waals surface area contributed by atoms with Gasteiger partial charge in [-0.1, -0.05) is 36.7 Å². The first-order valence-electron chi connectivity index (χ1n) is 9.54. The number of aromatic nitrogens is 2. The summed E-state index contributed by atoms with van der Waals surface area (Å²) in [6, 6.07) is 6.46. The highest BCUT2D eigenvalue weighted by Gasteiger charge is 2.25. The SMILES string of the molecule is C[C@H]1CCc2c(sc3ncn([C@@H](C)C(=O)N/N=C/c4ccccc4Cl)c(=O)c23)C1. The second-order valence-corrected chi connectivity index (χ2v) is 8.91. The highest BCUT2D eigenvalue weighted by atomic mass is 35.5. The van der Waals surface area contributed by atoms with Crippen LogP contribution in [0.3, 0.4) is 0 Å². The summed E-state index contributed by atoms with van der Waals surface area (Å²) in [6.45, 7) is 3.89. The van der Waals surface area contributed by atoms with E-state index >= 15 is 0 Å². The van der Waals surface area contributed by atoms with Crippen LogP contribution in [0.5, 0.6) is 0 Å². The van der Waals surface area contributed by atoms with Gasteiger partial charge in [0.05, 0.1) is 17.9 Å². The largest absolute Gasteiger partial charge is 0.286 e. The van der Waals surface area contributed by atoms with Crippen molar-refractivity contribution in [2.24, 2.45) is 11.0 Å². The smallest absolute Gasteiger partial charge is 0.263 e. The van der Waals surface area contributed by atoms with Crippen LogP contribution in [-0.4, -0.2) is 21.7 Å². The summed E-state index contributed by atoms with van der Waals surface area (Å²) in [5.41, 5.74) is 4.12. The molecule has 1 N–H and O–H groups in total. The molecular formula is C21H21ClN4O2S. The van der Waals surface area contributed by atoms with Crippen LogP contribution in [0.4, 0.5) is 0 Å². The Bertz CT molecular complexity index is 1170. The van der Waals surface area contributed by atoms with Crippen LogP contribution in [0.2, 0.25) is 5.02 Å². The summed E-state index contributed by atoms with van der Waals surface area (Å²) < 4.78 is 1.38. The minimum Gasteiger partial charge on any atom is -0.286 e. The third-order valence-corrected chi connectivity index (χ3v) is 6.83. The average Bonchev–Trinajstić information content (AvgIpc) is 3.07. The second-order valence-electron chi connectivity index (χ2n) is 7.42. The number of nitrogens with zero attached hydrogens (tertiary/aromatic N) is 3. The van der Waals surface area contributed by atoms with Gasteiger partial charge in [0.1, 0.15) is 10.9 Å². The third-order valence-electron chi connectivity index (χ3n) is 5.32. The Labute approximate surface area is 177 Å². The number of hydrazone groups is 1. The highest BCUT2D eigenvalue weighted by molar-refractivity contribution is 7.18. The van der Waals surface area contributed by atoms with Crippen molar-refractivity contribution in [3.63, 3.8) is 0 Å². The van der Waals surface area contributed by atoms with E-state index in [4.69, 9.17) is 11.6 Å². The van der Waals surface area contributed by atoms with Gasteiger partial charge in [0, 0.05) is 15.5 Å². The Kier molecular flexibility index (Phi) is 5.52. The molecule has 3 aromatic rings. The minimum atomic E-state index is -0.735. The molecule has 2 heterocycles. The summed E-state index contributed by atoms with van der Waals surface area (Å²) in [5, 5.41) is 5.17. The topological polar surface area (TPSA) is 76.3 Å². The predicted octanol–water partition coefficient (Wildman–Crippen LogP) is 3.95. The summed E-state index contributed by atoms with van der Waals surface area (Å²) >= 11 is 7.67. The molecule has 0 bridgehead atoms. The van der Waals surface area contributed by atoms with Gasteiger partial charge in [0.15, 0.2) is 0 Å². The normalized spacial score (nSPS) is 17.4. The molecule has 1 aliphatic carbocycles. The van der Waals surface area contributed by atoms with E-state index in [2.05, 4.69) is 22.4 Å². The minimum absolute atomic E-state index is 0.167. The summed E-state index contributed by atoms with van der Waals surface area (Å²) in [5.74, 6) is 0.229. The molecule has 0 aliphatic heterocycles. The number of fused-ring (bicyclic) bond motifs is 3. The van der Waals surface area contributed by atoms with Gasteiger partial charge < -0.3 is 0 Å². The van der Waals surface area contributed by atoms with Gasteiger partial charge >= 0.3 is 0 Å². The quantitative estimate of drug-likeness (QED) is 0.505. The molecule has 29 heavy (non-hydrogen) atoms. The zero-order valence-electron chi connectivity index (χ0n) is 16.2. The molecule has 6 nitrogen and oxygen atoms in total. The number of aryl methyl sites for hydroxylation is 1. The second kappa shape index (κ2) is 8.08. The van der Waals surface area contributed by atoms with E-state index in [1.165, 1.54) is 22.0 Å². The maximum absolute atomic E-state index is 13.1. The molecule has 150 valence electrons. The van der Waals surface area contributed by atoms with Crippen LogP contribution in [0.25, 0.3) is 10.2 Å². The van der Waals surface area contributed by atoms with Gasteiger partial charge in [-0.3, -0.25) is 14.2 Å². The van der Waals surface area contributed by atoms with Crippen LogP contribution in [0.1, 0.15) is 42.3 Å².